The second-order valence-corrected chi connectivity index (χ2v) is 6.40. The van der Waals surface area contributed by atoms with Crippen LogP contribution in [0.2, 0.25) is 0 Å². The average Bonchev–Trinajstić information content (AvgIpc) is 2.20. The molecule has 1 aliphatic carbocycles. The minimum Gasteiger partial charge on any atom is -0.302 e. The monoisotopic (exact) mass is 218 g/mol. The van der Waals surface area contributed by atoms with E-state index in [-0.39, 0.29) is 11.7 Å². The summed E-state index contributed by atoms with van der Waals surface area (Å²) in [5.74, 6) is 0.151. The van der Waals surface area contributed by atoms with Crippen molar-refractivity contribution in [3.63, 3.8) is 0 Å². The summed E-state index contributed by atoms with van der Waals surface area (Å²) in [4.78, 5) is 10.8. The minimum absolute atomic E-state index is 0.0752. The van der Waals surface area contributed by atoms with E-state index < -0.39 is 15.1 Å². The molecular formula is C10H18O3S. The molecule has 0 heterocycles. The van der Waals surface area contributed by atoms with Crippen LogP contribution in [0.25, 0.3) is 0 Å². The number of rotatable bonds is 4. The highest BCUT2D eigenvalue weighted by molar-refractivity contribution is 7.92. The maximum absolute atomic E-state index is 11.6. The van der Waals surface area contributed by atoms with Crippen molar-refractivity contribution in [1.29, 1.82) is 0 Å². The molecule has 0 bridgehead atoms. The lowest BCUT2D eigenvalue weighted by Gasteiger charge is -2.25. The van der Waals surface area contributed by atoms with Gasteiger partial charge in [-0.1, -0.05) is 26.2 Å². The summed E-state index contributed by atoms with van der Waals surface area (Å²) in [6.07, 6.45) is 5.72. The van der Waals surface area contributed by atoms with Gasteiger partial charge in [-0.25, -0.2) is 8.42 Å². The standard InChI is InChI=1S/C10H18O3S/c1-2-14(12,13)10(8-11)9-6-4-3-5-7-9/h8-10H,2-7H2,1H3. The van der Waals surface area contributed by atoms with E-state index in [4.69, 9.17) is 0 Å². The molecule has 1 fully saturated rings. The van der Waals surface area contributed by atoms with Gasteiger partial charge in [-0.15, -0.1) is 0 Å². The number of carbonyl (C=O) groups is 1. The van der Waals surface area contributed by atoms with Crippen molar-refractivity contribution in [3.8, 4) is 0 Å². The van der Waals surface area contributed by atoms with Crippen LogP contribution in [0.1, 0.15) is 39.0 Å². The molecule has 0 aromatic carbocycles. The number of hydrogen-bond donors (Lipinski definition) is 0. The second kappa shape index (κ2) is 4.91. The lowest BCUT2D eigenvalue weighted by molar-refractivity contribution is -0.108. The first-order valence-electron chi connectivity index (χ1n) is 5.28. The molecule has 1 aliphatic rings. The molecule has 0 aliphatic heterocycles. The summed E-state index contributed by atoms with van der Waals surface area (Å²) in [5.41, 5.74) is 0. The van der Waals surface area contributed by atoms with Crippen molar-refractivity contribution in [1.82, 2.24) is 0 Å². The fourth-order valence-corrected chi connectivity index (χ4v) is 3.56. The summed E-state index contributed by atoms with van der Waals surface area (Å²) in [5, 5.41) is -0.743. The van der Waals surface area contributed by atoms with Gasteiger partial charge in [-0.05, 0) is 18.8 Å². The maximum Gasteiger partial charge on any atom is 0.159 e. The van der Waals surface area contributed by atoms with Crippen LogP contribution in [0.5, 0.6) is 0 Å². The number of sulfone groups is 1. The smallest absolute Gasteiger partial charge is 0.159 e. The first kappa shape index (κ1) is 11.7. The van der Waals surface area contributed by atoms with E-state index in [1.807, 2.05) is 0 Å². The van der Waals surface area contributed by atoms with Crippen LogP contribution >= 0.6 is 0 Å². The van der Waals surface area contributed by atoms with Crippen LogP contribution < -0.4 is 0 Å². The molecule has 1 rings (SSSR count). The fourth-order valence-electron chi connectivity index (χ4n) is 2.14. The summed E-state index contributed by atoms with van der Waals surface area (Å²) in [6, 6.07) is 0. The van der Waals surface area contributed by atoms with Crippen molar-refractivity contribution in [2.24, 2.45) is 5.92 Å². The lowest BCUT2D eigenvalue weighted by Crippen LogP contribution is -2.33. The predicted octanol–water partition coefficient (Wildman–Crippen LogP) is 1.57. The highest BCUT2D eigenvalue weighted by atomic mass is 32.2. The van der Waals surface area contributed by atoms with Crippen LogP contribution in [0, 0.1) is 5.92 Å². The zero-order valence-electron chi connectivity index (χ0n) is 8.61. The Labute approximate surface area is 85.8 Å². The van der Waals surface area contributed by atoms with Crippen molar-refractivity contribution < 1.29 is 13.2 Å². The van der Waals surface area contributed by atoms with E-state index in [1.165, 1.54) is 6.42 Å². The second-order valence-electron chi connectivity index (χ2n) is 3.95. The Morgan fingerprint density at radius 2 is 1.86 bits per heavy atom. The van der Waals surface area contributed by atoms with Gasteiger partial charge in [0.25, 0.3) is 0 Å². The summed E-state index contributed by atoms with van der Waals surface area (Å²) in [6.45, 7) is 1.61. The Hall–Kier alpha value is -0.380. The zero-order valence-corrected chi connectivity index (χ0v) is 9.42. The average molecular weight is 218 g/mol. The molecule has 1 unspecified atom stereocenters. The van der Waals surface area contributed by atoms with Gasteiger partial charge in [0.2, 0.25) is 0 Å². The molecule has 1 atom stereocenters. The van der Waals surface area contributed by atoms with Gasteiger partial charge < -0.3 is 4.79 Å². The Morgan fingerprint density at radius 1 is 1.29 bits per heavy atom. The SMILES string of the molecule is CCS(=O)(=O)C(C=O)C1CCCCC1. The van der Waals surface area contributed by atoms with E-state index >= 15 is 0 Å². The van der Waals surface area contributed by atoms with Crippen LogP contribution in [0.4, 0.5) is 0 Å². The highest BCUT2D eigenvalue weighted by Gasteiger charge is 2.32. The Kier molecular flexibility index (Phi) is 4.11. The molecule has 0 amide bonds. The van der Waals surface area contributed by atoms with Crippen molar-refractivity contribution in [2.45, 2.75) is 44.3 Å². The summed E-state index contributed by atoms with van der Waals surface area (Å²) in [7, 11) is -3.18. The Balaban J connectivity index is 2.75. The summed E-state index contributed by atoms with van der Waals surface area (Å²) < 4.78 is 23.2. The van der Waals surface area contributed by atoms with Crippen LogP contribution in [-0.4, -0.2) is 25.7 Å². The first-order valence-corrected chi connectivity index (χ1v) is 7.00. The van der Waals surface area contributed by atoms with E-state index in [0.29, 0.717) is 6.29 Å². The van der Waals surface area contributed by atoms with Crippen molar-refractivity contribution >= 4 is 16.1 Å². The number of hydrogen-bond acceptors (Lipinski definition) is 3. The summed E-state index contributed by atoms with van der Waals surface area (Å²) >= 11 is 0. The molecule has 0 spiro atoms. The normalized spacial score (nSPS) is 21.8. The molecule has 4 heteroatoms. The van der Waals surface area contributed by atoms with Gasteiger partial charge in [0.05, 0.1) is 0 Å². The minimum atomic E-state index is -3.18. The lowest BCUT2D eigenvalue weighted by atomic mass is 9.87. The van der Waals surface area contributed by atoms with Gasteiger partial charge in [-0.2, -0.15) is 0 Å². The van der Waals surface area contributed by atoms with E-state index in [1.54, 1.807) is 6.92 Å². The quantitative estimate of drug-likeness (QED) is 0.673. The molecule has 0 N–H and O–H groups in total. The Bertz CT molecular complexity index is 276. The molecule has 0 aromatic rings. The van der Waals surface area contributed by atoms with Gasteiger partial charge in [0.1, 0.15) is 11.5 Å². The molecule has 3 nitrogen and oxygen atoms in total. The van der Waals surface area contributed by atoms with E-state index in [9.17, 15) is 13.2 Å². The largest absolute Gasteiger partial charge is 0.302 e. The maximum atomic E-state index is 11.6. The third-order valence-electron chi connectivity index (χ3n) is 3.07. The van der Waals surface area contributed by atoms with Gasteiger partial charge >= 0.3 is 0 Å². The fraction of sp³-hybridized carbons (Fsp3) is 0.900. The van der Waals surface area contributed by atoms with E-state index in [0.717, 1.165) is 25.7 Å². The predicted molar refractivity (Wildman–Crippen MR) is 55.9 cm³/mol. The van der Waals surface area contributed by atoms with Gasteiger partial charge in [0, 0.05) is 5.75 Å². The van der Waals surface area contributed by atoms with Gasteiger partial charge in [0.15, 0.2) is 9.84 Å². The Morgan fingerprint density at radius 3 is 2.29 bits per heavy atom. The van der Waals surface area contributed by atoms with Crippen molar-refractivity contribution in [3.05, 3.63) is 0 Å². The number of carbonyl (C=O) groups excluding carboxylic acids is 1. The molecule has 0 radical (unpaired) electrons. The number of aldehydes is 1. The van der Waals surface area contributed by atoms with Gasteiger partial charge in [-0.3, -0.25) is 0 Å². The molecule has 1 saturated carbocycles. The van der Waals surface area contributed by atoms with E-state index in [2.05, 4.69) is 0 Å². The van der Waals surface area contributed by atoms with Crippen LogP contribution in [0.15, 0.2) is 0 Å². The third kappa shape index (κ3) is 2.56. The molecule has 0 saturated heterocycles. The van der Waals surface area contributed by atoms with Crippen molar-refractivity contribution in [2.75, 3.05) is 5.75 Å². The zero-order chi connectivity index (χ0) is 10.6. The molecule has 82 valence electrons. The van der Waals surface area contributed by atoms with Crippen LogP contribution in [0.3, 0.4) is 0 Å². The molecule has 0 aromatic heterocycles. The first-order chi connectivity index (χ1) is 6.61. The molecular weight excluding hydrogens is 200 g/mol. The van der Waals surface area contributed by atoms with Crippen LogP contribution in [-0.2, 0) is 14.6 Å². The topological polar surface area (TPSA) is 51.2 Å². The third-order valence-corrected chi connectivity index (χ3v) is 5.20. The molecule has 14 heavy (non-hydrogen) atoms. The highest BCUT2D eigenvalue weighted by Crippen LogP contribution is 2.29.